The largest absolute Gasteiger partial charge is 0.480 e. The van der Waals surface area contributed by atoms with E-state index in [4.69, 9.17) is 34.4 Å². The number of thioether (sulfide) groups is 1. The van der Waals surface area contributed by atoms with Gasteiger partial charge in [0.25, 0.3) is 0 Å². The molecule has 74 heavy (non-hydrogen) atoms. The van der Waals surface area contributed by atoms with Gasteiger partial charge in [-0.1, -0.05) is 13.8 Å². The lowest BCUT2D eigenvalue weighted by Gasteiger charge is -2.29. The molecular weight excluding hydrogens is 987 g/mol. The highest BCUT2D eigenvalue weighted by atomic mass is 32.2. The smallest absolute Gasteiger partial charge is 0.326 e. The quantitative estimate of drug-likeness (QED) is 0.0156. The van der Waals surface area contributed by atoms with Gasteiger partial charge in [0.2, 0.25) is 47.3 Å². The van der Waals surface area contributed by atoms with E-state index in [0.29, 0.717) is 57.2 Å². The zero-order valence-corrected chi connectivity index (χ0v) is 44.1. The van der Waals surface area contributed by atoms with Crippen molar-refractivity contribution in [1.82, 2.24) is 42.1 Å². The summed E-state index contributed by atoms with van der Waals surface area (Å²) in [5, 5.41) is 47.7. The number of unbranched alkanes of at least 4 members (excludes halogenated alkanes) is 3. The summed E-state index contributed by atoms with van der Waals surface area (Å²) in [6, 6.07) is -11.5. The van der Waals surface area contributed by atoms with Gasteiger partial charge in [-0.15, -0.1) is 0 Å². The Morgan fingerprint density at radius 1 is 0.581 bits per heavy atom. The number of nitrogens with two attached hydrogens (primary N) is 6. The van der Waals surface area contributed by atoms with Gasteiger partial charge < -0.3 is 91.8 Å². The zero-order chi connectivity index (χ0) is 55.8. The number of carboxylic acid groups (broad SMARTS) is 1. The van der Waals surface area contributed by atoms with E-state index in [2.05, 4.69) is 42.2 Å². The molecule has 22 N–H and O–H groups in total. The average molecular weight is 1070 g/mol. The number of guanidine groups is 1. The van der Waals surface area contributed by atoms with E-state index in [1.54, 1.807) is 6.26 Å². The molecule has 1 fully saturated rings. The molecule has 28 heteroatoms. The van der Waals surface area contributed by atoms with Crippen molar-refractivity contribution in [3.05, 3.63) is 0 Å². The first-order valence-electron chi connectivity index (χ1n) is 25.5. The molecule has 0 bridgehead atoms. The Balaban J connectivity index is 3.51. The van der Waals surface area contributed by atoms with Gasteiger partial charge in [-0.2, -0.15) is 11.8 Å². The molecule has 0 aromatic heterocycles. The van der Waals surface area contributed by atoms with Crippen LogP contribution in [-0.4, -0.2) is 192 Å². The molecule has 0 aliphatic carbocycles. The number of aliphatic carboxylic acids is 1. The Hall–Kier alpha value is -5.39. The third kappa shape index (κ3) is 25.2. The van der Waals surface area contributed by atoms with Gasteiger partial charge in [0.1, 0.15) is 54.4 Å². The molecule has 1 aliphatic rings. The molecule has 0 radical (unpaired) electrons. The number of carboxylic acids is 1. The molecule has 0 aromatic carbocycles. The molecule has 1 aliphatic heterocycles. The van der Waals surface area contributed by atoms with Crippen LogP contribution < -0.4 is 71.6 Å². The van der Waals surface area contributed by atoms with Gasteiger partial charge >= 0.3 is 5.97 Å². The van der Waals surface area contributed by atoms with E-state index in [0.717, 1.165) is 4.90 Å². The second kappa shape index (κ2) is 37.4. The second-order valence-electron chi connectivity index (χ2n) is 18.6. The van der Waals surface area contributed by atoms with Crippen LogP contribution in [0.25, 0.3) is 0 Å². The van der Waals surface area contributed by atoms with Crippen molar-refractivity contribution in [2.24, 2.45) is 45.3 Å². The van der Waals surface area contributed by atoms with E-state index >= 15 is 0 Å². The van der Waals surface area contributed by atoms with Crippen LogP contribution in [0.4, 0.5) is 0 Å². The topological polar surface area (TPSA) is 470 Å². The third-order valence-electron chi connectivity index (χ3n) is 12.1. The van der Waals surface area contributed by atoms with Crippen LogP contribution in [-0.2, 0) is 43.2 Å². The van der Waals surface area contributed by atoms with Crippen LogP contribution in [0.5, 0.6) is 0 Å². The zero-order valence-electron chi connectivity index (χ0n) is 43.3. The number of amides is 8. The SMILES string of the molecule is CSCC[C@H](NC(=O)[C@H](CCCCN)NC(=O)[C@@H](N)CO)C(=O)N[C@@H](CC(C)C)C(=O)N[C@@H](CCCCN)C(=O)N[C@@H](CCCCN)C(=O)N[C@@H](CCCN=C(N)N)C(=O)N[C@@H](CO)C(=O)N1CCC[C@H]1C(=O)O. The normalized spacial score (nSPS) is 16.5. The third-order valence-corrected chi connectivity index (χ3v) is 12.7. The number of aliphatic hydroxyl groups excluding tert-OH is 2. The fourth-order valence-electron chi connectivity index (χ4n) is 7.93. The average Bonchev–Trinajstić information content (AvgIpc) is 3.86. The van der Waals surface area contributed by atoms with Gasteiger partial charge in [-0.25, -0.2) is 4.79 Å². The highest BCUT2D eigenvalue weighted by Gasteiger charge is 2.39. The first kappa shape index (κ1) is 66.6. The molecule has 1 heterocycles. The Kier molecular flexibility index (Phi) is 33.6. The molecule has 0 spiro atoms. The predicted octanol–water partition coefficient (Wildman–Crippen LogP) is -4.99. The van der Waals surface area contributed by atoms with Gasteiger partial charge in [-0.05, 0) is 134 Å². The Labute approximate surface area is 438 Å². The molecule has 8 amide bonds. The predicted molar refractivity (Wildman–Crippen MR) is 279 cm³/mol. The number of nitrogens with zero attached hydrogens (tertiary/aromatic N) is 2. The van der Waals surface area contributed by atoms with E-state index in [1.807, 2.05) is 13.8 Å². The summed E-state index contributed by atoms with van der Waals surface area (Å²) in [6.07, 6.45) is 5.55. The van der Waals surface area contributed by atoms with E-state index < -0.39 is 121 Å². The van der Waals surface area contributed by atoms with Gasteiger partial charge in [0.15, 0.2) is 5.96 Å². The van der Waals surface area contributed by atoms with Crippen LogP contribution in [0.3, 0.4) is 0 Å². The van der Waals surface area contributed by atoms with Gasteiger partial charge in [0, 0.05) is 13.1 Å². The number of carbonyl (C=O) groups is 9. The minimum atomic E-state index is -1.55. The number of nitrogens with one attached hydrogen (secondary N) is 7. The lowest BCUT2D eigenvalue weighted by molar-refractivity contribution is -0.150. The number of likely N-dealkylation sites (tertiary alicyclic amines) is 1. The van der Waals surface area contributed by atoms with Crippen LogP contribution in [0, 0.1) is 5.92 Å². The molecule has 0 aromatic rings. The van der Waals surface area contributed by atoms with Gasteiger partial charge in [0.05, 0.1) is 13.2 Å². The maximum atomic E-state index is 14.3. The lowest BCUT2D eigenvalue weighted by Crippen LogP contribution is -2.60. The standard InChI is InChI=1S/C46H87N15O12S/c1-27(2)24-34(59-42(69)33(17-23-74-3)58-38(65)29(12-4-7-18-47)54-37(64)28(50)25-62)43(70)57-31(14-6-9-20-49)40(67)55-30(13-5-8-19-48)39(66)56-32(15-10-21-53-46(51)52)41(68)60-35(26-63)44(71)61-22-11-16-36(61)45(72)73/h27-36,62-63H,4-26,47-50H2,1-3H3,(H,54,64)(H,55,67)(H,56,66)(H,57,70)(H,58,65)(H,59,69)(H,60,68)(H,72,73)(H4,51,52,53)/t28-,29-,30-,31-,32-,33-,34-,35-,36-/m0/s1. The number of carbonyl (C=O) groups excluding carboxylic acids is 8. The number of hydrogen-bond donors (Lipinski definition) is 16. The number of aliphatic hydroxyl groups is 2. The Morgan fingerprint density at radius 3 is 1.35 bits per heavy atom. The minimum absolute atomic E-state index is 0.0326. The molecule has 0 saturated carbocycles. The summed E-state index contributed by atoms with van der Waals surface area (Å²) in [4.78, 5) is 127. The second-order valence-corrected chi connectivity index (χ2v) is 19.6. The van der Waals surface area contributed by atoms with Crippen LogP contribution >= 0.6 is 11.8 Å². The number of hydrogen-bond acceptors (Lipinski definition) is 17. The molecule has 1 saturated heterocycles. The van der Waals surface area contributed by atoms with E-state index in [1.165, 1.54) is 11.8 Å². The summed E-state index contributed by atoms with van der Waals surface area (Å²) in [5.41, 5.74) is 33.8. The summed E-state index contributed by atoms with van der Waals surface area (Å²) in [5.74, 6) is -7.42. The summed E-state index contributed by atoms with van der Waals surface area (Å²) >= 11 is 1.41. The first-order valence-corrected chi connectivity index (χ1v) is 26.9. The molecule has 424 valence electrons. The van der Waals surface area contributed by atoms with Crippen LogP contribution in [0.1, 0.15) is 110 Å². The van der Waals surface area contributed by atoms with Crippen LogP contribution in [0.2, 0.25) is 0 Å². The summed E-state index contributed by atoms with van der Waals surface area (Å²) in [6.45, 7) is 3.08. The first-order chi connectivity index (χ1) is 35.2. The molecule has 27 nitrogen and oxygen atoms in total. The monoisotopic (exact) mass is 1070 g/mol. The van der Waals surface area contributed by atoms with Gasteiger partial charge in [-0.3, -0.25) is 43.3 Å². The maximum absolute atomic E-state index is 14.3. The van der Waals surface area contributed by atoms with Crippen molar-refractivity contribution in [2.45, 2.75) is 165 Å². The van der Waals surface area contributed by atoms with Crippen molar-refractivity contribution < 1.29 is 58.5 Å². The van der Waals surface area contributed by atoms with Crippen molar-refractivity contribution >= 4 is 70.9 Å². The molecule has 1 rings (SSSR count). The maximum Gasteiger partial charge on any atom is 0.326 e. The Bertz CT molecular complexity index is 1810. The lowest BCUT2D eigenvalue weighted by atomic mass is 10.0. The Morgan fingerprint density at radius 2 is 0.973 bits per heavy atom. The molecule has 9 atom stereocenters. The number of aliphatic imine (C=N–C) groups is 1. The summed E-state index contributed by atoms with van der Waals surface area (Å²) < 4.78 is 0. The molecular formula is C46H87N15O12S. The van der Waals surface area contributed by atoms with E-state index in [9.17, 15) is 58.5 Å². The van der Waals surface area contributed by atoms with Crippen molar-refractivity contribution in [2.75, 3.05) is 57.9 Å². The highest BCUT2D eigenvalue weighted by molar-refractivity contribution is 7.98. The number of rotatable bonds is 39. The van der Waals surface area contributed by atoms with Crippen molar-refractivity contribution in [1.29, 1.82) is 0 Å². The van der Waals surface area contributed by atoms with Crippen molar-refractivity contribution in [3.8, 4) is 0 Å². The fourth-order valence-corrected chi connectivity index (χ4v) is 8.40. The van der Waals surface area contributed by atoms with Crippen molar-refractivity contribution in [3.63, 3.8) is 0 Å². The van der Waals surface area contributed by atoms with Crippen LogP contribution in [0.15, 0.2) is 4.99 Å². The molecule has 0 unspecified atom stereocenters. The van der Waals surface area contributed by atoms with E-state index in [-0.39, 0.29) is 89.4 Å². The highest BCUT2D eigenvalue weighted by Crippen LogP contribution is 2.19. The minimum Gasteiger partial charge on any atom is -0.480 e. The summed E-state index contributed by atoms with van der Waals surface area (Å²) in [7, 11) is 0. The fraction of sp³-hybridized carbons (Fsp3) is 0.783.